The third-order valence-electron chi connectivity index (χ3n) is 12.0. The molecule has 6 aliphatic rings. The third-order valence-corrected chi connectivity index (χ3v) is 12.0. The molecule has 0 aromatic carbocycles. The van der Waals surface area contributed by atoms with Crippen LogP contribution >= 0.6 is 0 Å². The van der Waals surface area contributed by atoms with E-state index in [4.69, 9.17) is 9.47 Å². The van der Waals surface area contributed by atoms with Gasteiger partial charge in [0.2, 0.25) is 0 Å². The number of aliphatic hydroxyl groups excluding tert-OH is 1. The van der Waals surface area contributed by atoms with Crippen LogP contribution in [0.4, 0.5) is 0 Å². The van der Waals surface area contributed by atoms with Gasteiger partial charge in [-0.15, -0.1) is 0 Å². The Morgan fingerprint density at radius 1 is 1.09 bits per heavy atom. The van der Waals surface area contributed by atoms with E-state index in [2.05, 4.69) is 13.8 Å². The van der Waals surface area contributed by atoms with Crippen LogP contribution in [0.2, 0.25) is 0 Å². The van der Waals surface area contributed by atoms with E-state index in [1.54, 1.807) is 12.2 Å². The molecule has 34 heavy (non-hydrogen) atoms. The molecule has 0 bridgehead atoms. The fourth-order valence-electron chi connectivity index (χ4n) is 9.80. The van der Waals surface area contributed by atoms with Gasteiger partial charge in [-0.05, 0) is 99.5 Å². The maximum absolute atomic E-state index is 13.3. The first-order valence-electron chi connectivity index (χ1n) is 13.4. The molecule has 2 heterocycles. The van der Waals surface area contributed by atoms with E-state index in [-0.39, 0.29) is 46.9 Å². The summed E-state index contributed by atoms with van der Waals surface area (Å²) >= 11 is 0. The third kappa shape index (κ3) is 2.58. The number of hydrogen-bond donors (Lipinski definition) is 2. The van der Waals surface area contributed by atoms with Crippen molar-refractivity contribution in [2.45, 2.75) is 103 Å². The van der Waals surface area contributed by atoms with Gasteiger partial charge in [0.1, 0.15) is 23.4 Å². The summed E-state index contributed by atoms with van der Waals surface area (Å²) in [5, 5.41) is 22.8. The molecule has 2 N–H and O–H groups in total. The number of carbonyl (C=O) groups excluding carboxylic acids is 2. The second-order valence-electron chi connectivity index (χ2n) is 13.2. The molecule has 1 spiro atoms. The number of allylic oxidation sites excluding steroid dienone is 1. The van der Waals surface area contributed by atoms with E-state index in [1.165, 1.54) is 0 Å². The molecule has 5 fully saturated rings. The number of carbonyl (C=O) groups is 2. The molecule has 5 unspecified atom stereocenters. The Labute approximate surface area is 202 Å². The molecule has 13 atom stereocenters. The molecule has 0 aromatic rings. The first-order valence-corrected chi connectivity index (χ1v) is 13.4. The number of ketones is 1. The lowest BCUT2D eigenvalue weighted by Gasteiger charge is -2.59. The van der Waals surface area contributed by atoms with E-state index in [0.29, 0.717) is 18.3 Å². The second-order valence-corrected chi connectivity index (χ2v) is 13.2. The van der Waals surface area contributed by atoms with Crippen molar-refractivity contribution < 1.29 is 29.3 Å². The van der Waals surface area contributed by atoms with Gasteiger partial charge in [-0.1, -0.05) is 20.8 Å². The molecule has 2 saturated heterocycles. The predicted octanol–water partition coefficient (Wildman–Crippen LogP) is 3.43. The molecule has 6 rings (SSSR count). The minimum absolute atomic E-state index is 0.0384. The van der Waals surface area contributed by atoms with Gasteiger partial charge in [0.25, 0.3) is 0 Å². The first kappa shape index (κ1) is 23.2. The lowest BCUT2D eigenvalue weighted by Crippen LogP contribution is -2.64. The van der Waals surface area contributed by atoms with Crippen molar-refractivity contribution in [3.8, 4) is 0 Å². The zero-order valence-electron chi connectivity index (χ0n) is 21.1. The van der Waals surface area contributed by atoms with E-state index in [0.717, 1.165) is 32.1 Å². The molecule has 3 saturated carbocycles. The van der Waals surface area contributed by atoms with Gasteiger partial charge in [0.05, 0.1) is 17.4 Å². The topological polar surface area (TPSA) is 96.4 Å². The highest BCUT2D eigenvalue weighted by Crippen LogP contribution is 2.73. The summed E-state index contributed by atoms with van der Waals surface area (Å²) in [6.07, 6.45) is 7.21. The number of hydrogen-bond acceptors (Lipinski definition) is 6. The number of esters is 1. The van der Waals surface area contributed by atoms with Crippen molar-refractivity contribution in [2.75, 3.05) is 0 Å². The number of cyclic esters (lactones) is 1. The highest BCUT2D eigenvalue weighted by Gasteiger charge is 2.80. The quantitative estimate of drug-likeness (QED) is 0.472. The normalized spacial score (nSPS) is 57.6. The average Bonchev–Trinajstić information content (AvgIpc) is 3.40. The SMILES string of the molecule is C[C@H]1CC([C@](C)(O)C2CCC3C4C[C@H]5O[C@]56[C@@H](O)C=CC(=O)[C@]6(C)C4CC[C@@]32C)OC(=O)[C@@H]1C. The Morgan fingerprint density at radius 3 is 2.53 bits per heavy atom. The molecular formula is C28H40O6. The van der Waals surface area contributed by atoms with Gasteiger partial charge in [-0.25, -0.2) is 0 Å². The molecule has 0 radical (unpaired) electrons. The van der Waals surface area contributed by atoms with Gasteiger partial charge < -0.3 is 19.7 Å². The van der Waals surface area contributed by atoms with Crippen molar-refractivity contribution in [1.82, 2.24) is 0 Å². The number of rotatable bonds is 2. The summed E-state index contributed by atoms with van der Waals surface area (Å²) in [5.41, 5.74) is -2.61. The van der Waals surface area contributed by atoms with Crippen LogP contribution in [-0.2, 0) is 19.1 Å². The van der Waals surface area contributed by atoms with E-state index in [1.807, 2.05) is 20.8 Å². The molecule has 0 amide bonds. The van der Waals surface area contributed by atoms with Crippen LogP contribution in [0.25, 0.3) is 0 Å². The van der Waals surface area contributed by atoms with E-state index >= 15 is 0 Å². The second kappa shape index (κ2) is 6.95. The minimum Gasteiger partial charge on any atom is -0.459 e. The van der Waals surface area contributed by atoms with Crippen molar-refractivity contribution in [2.24, 2.45) is 46.3 Å². The summed E-state index contributed by atoms with van der Waals surface area (Å²) in [7, 11) is 0. The molecule has 4 aliphatic carbocycles. The smallest absolute Gasteiger partial charge is 0.309 e. The van der Waals surface area contributed by atoms with Gasteiger partial charge in [0, 0.05) is 0 Å². The molecule has 2 aliphatic heterocycles. The van der Waals surface area contributed by atoms with Crippen LogP contribution in [0.1, 0.15) is 73.1 Å². The highest BCUT2D eigenvalue weighted by molar-refractivity contribution is 5.98. The maximum Gasteiger partial charge on any atom is 0.309 e. The Bertz CT molecular complexity index is 957. The lowest BCUT2D eigenvalue weighted by atomic mass is 9.44. The fraction of sp³-hybridized carbons (Fsp3) is 0.857. The van der Waals surface area contributed by atoms with Crippen LogP contribution in [-0.4, -0.2) is 51.5 Å². The van der Waals surface area contributed by atoms with Crippen LogP contribution in [0.5, 0.6) is 0 Å². The maximum atomic E-state index is 13.3. The van der Waals surface area contributed by atoms with Crippen LogP contribution < -0.4 is 0 Å². The van der Waals surface area contributed by atoms with Gasteiger partial charge >= 0.3 is 5.97 Å². The Kier molecular flexibility index (Phi) is 4.74. The molecular weight excluding hydrogens is 432 g/mol. The Balaban J connectivity index is 1.30. The Hall–Kier alpha value is -1.24. The van der Waals surface area contributed by atoms with Gasteiger partial charge in [-0.2, -0.15) is 0 Å². The molecule has 188 valence electrons. The van der Waals surface area contributed by atoms with Gasteiger partial charge in [-0.3, -0.25) is 9.59 Å². The standard InChI is InChI=1S/C28H40O6/c1-14-12-22(33-24(31)15(14)2)27(5,32)19-7-6-17-16-13-23-28(34-23)21(30)9-8-20(29)26(28,4)18(16)10-11-25(17,19)3/h8-9,14-19,21-23,30,32H,6-7,10-13H2,1-5H3/t14-,15+,16?,17?,18?,19?,21-,22?,23+,25-,26-,27+,28+/m0/s1. The summed E-state index contributed by atoms with van der Waals surface area (Å²) in [4.78, 5) is 25.8. The van der Waals surface area contributed by atoms with Crippen LogP contribution in [0, 0.1) is 46.3 Å². The number of aliphatic hydroxyl groups is 2. The monoisotopic (exact) mass is 472 g/mol. The summed E-state index contributed by atoms with van der Waals surface area (Å²) < 4.78 is 12.0. The number of epoxide rings is 1. The molecule has 0 aromatic heterocycles. The van der Waals surface area contributed by atoms with Crippen LogP contribution in [0.15, 0.2) is 12.2 Å². The summed E-state index contributed by atoms with van der Waals surface area (Å²) in [5.74, 6) is 0.885. The fourth-order valence-corrected chi connectivity index (χ4v) is 9.80. The number of ether oxygens (including phenoxy) is 2. The zero-order valence-corrected chi connectivity index (χ0v) is 21.1. The largest absolute Gasteiger partial charge is 0.459 e. The van der Waals surface area contributed by atoms with Crippen molar-refractivity contribution in [1.29, 1.82) is 0 Å². The lowest BCUT2D eigenvalue weighted by molar-refractivity contribution is -0.202. The Morgan fingerprint density at radius 2 is 1.82 bits per heavy atom. The highest BCUT2D eigenvalue weighted by atomic mass is 16.6. The first-order chi connectivity index (χ1) is 15.9. The summed E-state index contributed by atoms with van der Waals surface area (Å²) in [6.45, 7) is 10.2. The van der Waals surface area contributed by atoms with Crippen molar-refractivity contribution in [3.05, 3.63) is 12.2 Å². The average molecular weight is 473 g/mol. The summed E-state index contributed by atoms with van der Waals surface area (Å²) in [6, 6.07) is 0. The number of fused-ring (bicyclic) bond motifs is 4. The zero-order chi connectivity index (χ0) is 24.4. The molecule has 6 heteroatoms. The molecule has 6 nitrogen and oxygen atoms in total. The van der Waals surface area contributed by atoms with Crippen LogP contribution in [0.3, 0.4) is 0 Å². The van der Waals surface area contributed by atoms with Crippen molar-refractivity contribution >= 4 is 11.8 Å². The van der Waals surface area contributed by atoms with Gasteiger partial charge in [0.15, 0.2) is 5.78 Å². The van der Waals surface area contributed by atoms with E-state index < -0.39 is 28.8 Å². The predicted molar refractivity (Wildman–Crippen MR) is 124 cm³/mol. The van der Waals surface area contributed by atoms with Crippen molar-refractivity contribution in [3.63, 3.8) is 0 Å². The minimum atomic E-state index is -1.08. The van der Waals surface area contributed by atoms with E-state index in [9.17, 15) is 19.8 Å².